The van der Waals surface area contributed by atoms with Gasteiger partial charge in [0.05, 0.1) is 11.8 Å². The smallest absolute Gasteiger partial charge is 0.267 e. The Morgan fingerprint density at radius 3 is 2.94 bits per heavy atom. The molecule has 0 spiro atoms. The Morgan fingerprint density at radius 2 is 2.33 bits per heavy atom. The molecule has 2 rings (SSSR count). The normalized spacial score (nSPS) is 11.0. The van der Waals surface area contributed by atoms with Crippen molar-refractivity contribution in [3.05, 3.63) is 43.8 Å². The molecule has 0 bridgehead atoms. The van der Waals surface area contributed by atoms with E-state index in [1.807, 2.05) is 24.4 Å². The maximum absolute atomic E-state index is 11.7. The molecule has 0 saturated heterocycles. The molecule has 0 aliphatic rings. The molecule has 0 aliphatic heterocycles. The maximum Gasteiger partial charge on any atom is 0.272 e. The van der Waals surface area contributed by atoms with E-state index in [0.717, 1.165) is 16.2 Å². The Labute approximate surface area is 114 Å². The molecule has 1 amide bonds. The van der Waals surface area contributed by atoms with Crippen LogP contribution in [0.25, 0.3) is 0 Å². The molecule has 2 aromatic rings. The second-order valence-electron chi connectivity index (χ2n) is 3.80. The van der Waals surface area contributed by atoms with Crippen LogP contribution in [0.5, 0.6) is 0 Å². The largest absolute Gasteiger partial charge is 0.272 e. The topological polar surface area (TPSA) is 41.5 Å². The van der Waals surface area contributed by atoms with Crippen LogP contribution in [-0.2, 0) is 6.42 Å². The molecular formula is C13H14N2OS2. The summed E-state index contributed by atoms with van der Waals surface area (Å²) in [6.07, 6.45) is 2.71. The second kappa shape index (κ2) is 5.93. The molecule has 0 unspecified atom stereocenters. The van der Waals surface area contributed by atoms with E-state index < -0.39 is 0 Å². The predicted octanol–water partition coefficient (Wildman–Crippen LogP) is 3.44. The van der Waals surface area contributed by atoms with Crippen molar-refractivity contribution in [3.8, 4) is 0 Å². The van der Waals surface area contributed by atoms with Gasteiger partial charge in [0, 0.05) is 20.0 Å². The number of rotatable bonds is 4. The first-order valence-electron chi connectivity index (χ1n) is 5.66. The van der Waals surface area contributed by atoms with E-state index in [2.05, 4.69) is 23.5 Å². The van der Waals surface area contributed by atoms with E-state index in [1.54, 1.807) is 28.9 Å². The van der Waals surface area contributed by atoms with Crippen molar-refractivity contribution in [2.75, 3.05) is 0 Å². The van der Waals surface area contributed by atoms with Gasteiger partial charge in [0.1, 0.15) is 0 Å². The summed E-state index contributed by atoms with van der Waals surface area (Å²) in [5.41, 5.74) is 3.19. The summed E-state index contributed by atoms with van der Waals surface area (Å²) in [6, 6.07) is 5.94. The van der Waals surface area contributed by atoms with Crippen LogP contribution in [0.1, 0.15) is 31.9 Å². The fraction of sp³-hybridized carbons (Fsp3) is 0.231. The van der Waals surface area contributed by atoms with Gasteiger partial charge >= 0.3 is 0 Å². The van der Waals surface area contributed by atoms with Crippen molar-refractivity contribution in [1.29, 1.82) is 0 Å². The third kappa shape index (κ3) is 3.27. The van der Waals surface area contributed by atoms with Crippen molar-refractivity contribution < 1.29 is 4.79 Å². The van der Waals surface area contributed by atoms with E-state index in [0.29, 0.717) is 5.56 Å². The van der Waals surface area contributed by atoms with Crippen LogP contribution in [0.4, 0.5) is 0 Å². The molecule has 1 N–H and O–H groups in total. The van der Waals surface area contributed by atoms with Crippen LogP contribution in [0.3, 0.4) is 0 Å². The summed E-state index contributed by atoms with van der Waals surface area (Å²) < 4.78 is 0. The first-order valence-corrected chi connectivity index (χ1v) is 7.36. The molecule has 0 aromatic carbocycles. The van der Waals surface area contributed by atoms with Gasteiger partial charge in [-0.15, -0.1) is 22.7 Å². The van der Waals surface area contributed by atoms with E-state index in [-0.39, 0.29) is 5.91 Å². The number of hydrazone groups is 1. The lowest BCUT2D eigenvalue weighted by molar-refractivity contribution is 0.0955. The maximum atomic E-state index is 11.7. The highest BCUT2D eigenvalue weighted by molar-refractivity contribution is 7.13. The third-order valence-corrected chi connectivity index (χ3v) is 4.41. The molecule has 0 fully saturated rings. The zero-order chi connectivity index (χ0) is 13.0. The monoisotopic (exact) mass is 278 g/mol. The minimum absolute atomic E-state index is 0.164. The van der Waals surface area contributed by atoms with Crippen LogP contribution >= 0.6 is 22.7 Å². The first kappa shape index (κ1) is 13.0. The minimum atomic E-state index is -0.164. The molecule has 3 nitrogen and oxygen atoms in total. The summed E-state index contributed by atoms with van der Waals surface area (Å²) >= 11 is 3.24. The second-order valence-corrected chi connectivity index (χ2v) is 6.12. The van der Waals surface area contributed by atoms with E-state index in [4.69, 9.17) is 0 Å². The molecule has 5 heteroatoms. The Kier molecular flexibility index (Phi) is 4.28. The number of thiophene rings is 2. The number of nitrogens with zero attached hydrogens (tertiary/aromatic N) is 1. The van der Waals surface area contributed by atoms with Crippen molar-refractivity contribution >= 4 is 34.8 Å². The highest BCUT2D eigenvalue weighted by atomic mass is 32.1. The number of carbonyl (C=O) groups is 1. The minimum Gasteiger partial charge on any atom is -0.267 e. The number of hydrogen-bond acceptors (Lipinski definition) is 4. The van der Waals surface area contributed by atoms with Gasteiger partial charge in [-0.25, -0.2) is 5.43 Å². The molecule has 0 saturated carbocycles. The summed E-state index contributed by atoms with van der Waals surface area (Å²) in [4.78, 5) is 15.2. The molecule has 0 radical (unpaired) electrons. The zero-order valence-electron chi connectivity index (χ0n) is 10.3. The van der Waals surface area contributed by atoms with Gasteiger partial charge in [-0.05, 0) is 31.5 Å². The summed E-state index contributed by atoms with van der Waals surface area (Å²) in [5.74, 6) is -0.164. The van der Waals surface area contributed by atoms with Crippen molar-refractivity contribution in [2.24, 2.45) is 5.10 Å². The van der Waals surface area contributed by atoms with Gasteiger partial charge in [0.2, 0.25) is 0 Å². The first-order chi connectivity index (χ1) is 8.69. The standard InChI is InChI=1S/C13H14N2OS2/c1-3-11-4-5-12(18-11)7-14-15-13(16)10-6-9(2)17-8-10/h4-8H,3H2,1-2H3,(H,15,16). The van der Waals surface area contributed by atoms with E-state index in [9.17, 15) is 4.79 Å². The highest BCUT2D eigenvalue weighted by Crippen LogP contribution is 2.15. The molecule has 0 aliphatic carbocycles. The van der Waals surface area contributed by atoms with Gasteiger partial charge in [-0.2, -0.15) is 5.10 Å². The van der Waals surface area contributed by atoms with Crippen molar-refractivity contribution in [2.45, 2.75) is 20.3 Å². The Hall–Kier alpha value is -1.46. The number of nitrogens with one attached hydrogen (secondary N) is 1. The lowest BCUT2D eigenvalue weighted by Gasteiger charge is -1.94. The molecule has 2 heterocycles. The molecule has 94 valence electrons. The Balaban J connectivity index is 1.93. The molecular weight excluding hydrogens is 264 g/mol. The van der Waals surface area contributed by atoms with Crippen LogP contribution in [0.2, 0.25) is 0 Å². The number of carbonyl (C=O) groups excluding carboxylic acids is 1. The van der Waals surface area contributed by atoms with E-state index in [1.165, 1.54) is 4.88 Å². The van der Waals surface area contributed by atoms with Crippen molar-refractivity contribution in [3.63, 3.8) is 0 Å². The Bertz CT molecular complexity index is 569. The van der Waals surface area contributed by atoms with E-state index >= 15 is 0 Å². The molecule has 18 heavy (non-hydrogen) atoms. The van der Waals surface area contributed by atoms with Crippen LogP contribution in [-0.4, -0.2) is 12.1 Å². The quantitative estimate of drug-likeness (QED) is 0.675. The van der Waals surface area contributed by atoms with Crippen LogP contribution < -0.4 is 5.43 Å². The van der Waals surface area contributed by atoms with Gasteiger partial charge in [0.15, 0.2) is 0 Å². The van der Waals surface area contributed by atoms with Crippen LogP contribution in [0, 0.1) is 6.92 Å². The van der Waals surface area contributed by atoms with Gasteiger partial charge in [-0.1, -0.05) is 6.92 Å². The number of aryl methyl sites for hydroxylation is 2. The van der Waals surface area contributed by atoms with Gasteiger partial charge in [-0.3, -0.25) is 4.79 Å². The fourth-order valence-electron chi connectivity index (χ4n) is 1.44. The van der Waals surface area contributed by atoms with Gasteiger partial charge in [0.25, 0.3) is 5.91 Å². The number of hydrogen-bond donors (Lipinski definition) is 1. The summed E-state index contributed by atoms with van der Waals surface area (Å²) in [7, 11) is 0. The zero-order valence-corrected chi connectivity index (χ0v) is 11.9. The lowest BCUT2D eigenvalue weighted by atomic mass is 10.3. The lowest BCUT2D eigenvalue weighted by Crippen LogP contribution is -2.16. The highest BCUT2D eigenvalue weighted by Gasteiger charge is 2.05. The Morgan fingerprint density at radius 1 is 1.50 bits per heavy atom. The van der Waals surface area contributed by atoms with Crippen LogP contribution in [0.15, 0.2) is 28.7 Å². The summed E-state index contributed by atoms with van der Waals surface area (Å²) in [5, 5.41) is 5.80. The predicted molar refractivity (Wildman–Crippen MR) is 77.8 cm³/mol. The molecule has 0 atom stereocenters. The van der Waals surface area contributed by atoms with Crippen molar-refractivity contribution in [1.82, 2.24) is 5.43 Å². The van der Waals surface area contributed by atoms with Gasteiger partial charge < -0.3 is 0 Å². The fourth-order valence-corrected chi connectivity index (χ4v) is 2.94. The average Bonchev–Trinajstić information content (AvgIpc) is 2.98. The SMILES string of the molecule is CCc1ccc(C=NNC(=O)c2csc(C)c2)s1. The summed E-state index contributed by atoms with van der Waals surface area (Å²) in [6.45, 7) is 4.09. The number of amides is 1. The molecule has 2 aromatic heterocycles. The average molecular weight is 278 g/mol. The third-order valence-electron chi connectivity index (χ3n) is 2.38.